The van der Waals surface area contributed by atoms with Gasteiger partial charge in [0.1, 0.15) is 11.3 Å². The predicted octanol–water partition coefficient (Wildman–Crippen LogP) is 2.94. The molecule has 0 N–H and O–H groups in total. The first-order valence-corrected chi connectivity index (χ1v) is 7.65. The van der Waals surface area contributed by atoms with Crippen molar-refractivity contribution in [2.24, 2.45) is 0 Å². The van der Waals surface area contributed by atoms with Crippen molar-refractivity contribution in [1.82, 2.24) is 24.3 Å². The molecule has 3 aromatic heterocycles. The van der Waals surface area contributed by atoms with Crippen LogP contribution in [0.2, 0.25) is 0 Å². The van der Waals surface area contributed by atoms with Crippen LogP contribution in [0.3, 0.4) is 0 Å². The molecule has 0 aliphatic rings. The van der Waals surface area contributed by atoms with E-state index in [9.17, 15) is 0 Å². The lowest BCUT2D eigenvalue weighted by Crippen LogP contribution is -2.09. The first-order chi connectivity index (χ1) is 10.2. The highest BCUT2D eigenvalue weighted by Crippen LogP contribution is 2.21. The van der Waals surface area contributed by atoms with Crippen molar-refractivity contribution in [2.75, 3.05) is 0 Å². The number of aryl methyl sites for hydroxylation is 4. The lowest BCUT2D eigenvalue weighted by molar-refractivity contribution is 0.615. The lowest BCUT2D eigenvalue weighted by Gasteiger charge is -2.09. The van der Waals surface area contributed by atoms with Crippen molar-refractivity contribution in [3.63, 3.8) is 0 Å². The summed E-state index contributed by atoms with van der Waals surface area (Å²) in [5.74, 6) is 1.31. The molecule has 110 valence electrons. The van der Waals surface area contributed by atoms with E-state index in [1.165, 1.54) is 5.56 Å². The van der Waals surface area contributed by atoms with E-state index in [1.807, 2.05) is 23.9 Å². The fourth-order valence-electron chi connectivity index (χ4n) is 2.61. The standard InChI is InChI=1S/C15H18ClN5/c1-3-21-15-14(11(2)19-21)18-13(9-16)20(15)8-6-12-5-4-7-17-10-12/h4-5,7,10H,3,6,8-9H2,1-2H3. The van der Waals surface area contributed by atoms with Gasteiger partial charge in [-0.3, -0.25) is 4.98 Å². The SMILES string of the molecule is CCn1nc(C)c2nc(CCl)n(CCc3cccnc3)c21. The van der Waals surface area contributed by atoms with Crippen LogP contribution in [0.5, 0.6) is 0 Å². The van der Waals surface area contributed by atoms with Crippen LogP contribution in [-0.4, -0.2) is 24.3 Å². The zero-order valence-electron chi connectivity index (χ0n) is 12.3. The second kappa shape index (κ2) is 5.85. The molecule has 0 aliphatic carbocycles. The minimum absolute atomic E-state index is 0.408. The molecule has 0 fully saturated rings. The number of nitrogens with zero attached hydrogens (tertiary/aromatic N) is 5. The van der Waals surface area contributed by atoms with Gasteiger partial charge in [-0.2, -0.15) is 5.10 Å². The van der Waals surface area contributed by atoms with Crippen LogP contribution < -0.4 is 0 Å². The fraction of sp³-hybridized carbons (Fsp3) is 0.400. The van der Waals surface area contributed by atoms with E-state index in [0.717, 1.165) is 42.2 Å². The number of alkyl halides is 1. The van der Waals surface area contributed by atoms with Gasteiger partial charge in [0, 0.05) is 25.5 Å². The third-order valence-electron chi connectivity index (χ3n) is 3.64. The average Bonchev–Trinajstić information content (AvgIpc) is 3.04. The maximum Gasteiger partial charge on any atom is 0.158 e. The molecule has 5 nitrogen and oxygen atoms in total. The van der Waals surface area contributed by atoms with Crippen LogP contribution >= 0.6 is 11.6 Å². The van der Waals surface area contributed by atoms with Crippen LogP contribution in [0.15, 0.2) is 24.5 Å². The maximum absolute atomic E-state index is 6.06. The number of pyridine rings is 1. The van der Waals surface area contributed by atoms with E-state index in [1.54, 1.807) is 6.20 Å². The molecule has 3 rings (SSSR count). The Kier molecular flexibility index (Phi) is 3.92. The van der Waals surface area contributed by atoms with E-state index in [-0.39, 0.29) is 0 Å². The Bertz CT molecular complexity index is 744. The molecule has 0 atom stereocenters. The first kappa shape index (κ1) is 14.1. The van der Waals surface area contributed by atoms with E-state index >= 15 is 0 Å². The third-order valence-corrected chi connectivity index (χ3v) is 3.88. The van der Waals surface area contributed by atoms with Crippen molar-refractivity contribution >= 4 is 22.8 Å². The second-order valence-electron chi connectivity index (χ2n) is 5.00. The van der Waals surface area contributed by atoms with Gasteiger partial charge in [0.2, 0.25) is 0 Å². The smallest absolute Gasteiger partial charge is 0.158 e. The number of fused-ring (bicyclic) bond motifs is 1. The van der Waals surface area contributed by atoms with Gasteiger partial charge in [-0.25, -0.2) is 9.67 Å². The average molecular weight is 304 g/mol. The van der Waals surface area contributed by atoms with E-state index in [2.05, 4.69) is 32.6 Å². The highest BCUT2D eigenvalue weighted by atomic mass is 35.5. The van der Waals surface area contributed by atoms with Gasteiger partial charge >= 0.3 is 0 Å². The van der Waals surface area contributed by atoms with Crippen molar-refractivity contribution in [3.8, 4) is 0 Å². The Hall–Kier alpha value is -1.88. The number of hydrogen-bond donors (Lipinski definition) is 0. The summed E-state index contributed by atoms with van der Waals surface area (Å²) in [6.45, 7) is 5.73. The largest absolute Gasteiger partial charge is 0.312 e. The summed E-state index contributed by atoms with van der Waals surface area (Å²) in [7, 11) is 0. The van der Waals surface area contributed by atoms with Crippen LogP contribution in [0, 0.1) is 6.92 Å². The summed E-state index contributed by atoms with van der Waals surface area (Å²) >= 11 is 6.06. The number of rotatable bonds is 5. The molecule has 0 saturated heterocycles. The Labute approximate surface area is 128 Å². The second-order valence-corrected chi connectivity index (χ2v) is 5.27. The Morgan fingerprint density at radius 3 is 2.86 bits per heavy atom. The molecule has 3 aromatic rings. The van der Waals surface area contributed by atoms with Crippen LogP contribution in [0.4, 0.5) is 0 Å². The van der Waals surface area contributed by atoms with Gasteiger partial charge in [-0.15, -0.1) is 11.6 Å². The Morgan fingerprint density at radius 2 is 2.19 bits per heavy atom. The quantitative estimate of drug-likeness (QED) is 0.681. The molecule has 0 bridgehead atoms. The zero-order valence-corrected chi connectivity index (χ0v) is 13.0. The maximum atomic E-state index is 6.06. The van der Waals surface area contributed by atoms with Gasteiger partial charge in [-0.05, 0) is 31.9 Å². The molecule has 21 heavy (non-hydrogen) atoms. The predicted molar refractivity (Wildman–Crippen MR) is 83.4 cm³/mol. The van der Waals surface area contributed by atoms with Gasteiger partial charge in [-0.1, -0.05) is 6.07 Å². The van der Waals surface area contributed by atoms with E-state index in [4.69, 9.17) is 11.6 Å². The molecule has 6 heteroatoms. The van der Waals surface area contributed by atoms with Gasteiger partial charge in [0.05, 0.1) is 11.6 Å². The third kappa shape index (κ3) is 2.53. The summed E-state index contributed by atoms with van der Waals surface area (Å²) in [5, 5.41) is 4.54. The molecular formula is C15H18ClN5. The summed E-state index contributed by atoms with van der Waals surface area (Å²) in [6, 6.07) is 4.05. The minimum atomic E-state index is 0.408. The molecule has 0 aromatic carbocycles. The van der Waals surface area contributed by atoms with Crippen molar-refractivity contribution < 1.29 is 0 Å². The Morgan fingerprint density at radius 1 is 1.33 bits per heavy atom. The first-order valence-electron chi connectivity index (χ1n) is 7.12. The normalized spacial score (nSPS) is 11.4. The molecule has 0 radical (unpaired) electrons. The molecule has 0 aliphatic heterocycles. The molecule has 0 saturated carbocycles. The number of aromatic nitrogens is 5. The van der Waals surface area contributed by atoms with Crippen LogP contribution in [0.25, 0.3) is 11.2 Å². The highest BCUT2D eigenvalue weighted by molar-refractivity contribution is 6.16. The highest BCUT2D eigenvalue weighted by Gasteiger charge is 2.17. The van der Waals surface area contributed by atoms with Crippen molar-refractivity contribution in [2.45, 2.75) is 39.2 Å². The summed E-state index contributed by atoms with van der Waals surface area (Å²) in [4.78, 5) is 8.80. The van der Waals surface area contributed by atoms with Gasteiger partial charge < -0.3 is 4.57 Å². The number of imidazole rings is 1. The lowest BCUT2D eigenvalue weighted by atomic mass is 10.2. The van der Waals surface area contributed by atoms with Crippen LogP contribution in [-0.2, 0) is 25.4 Å². The number of halogens is 1. The molecule has 0 unspecified atom stereocenters. The molecular weight excluding hydrogens is 286 g/mol. The molecule has 0 spiro atoms. The van der Waals surface area contributed by atoms with Crippen LogP contribution in [0.1, 0.15) is 24.0 Å². The summed E-state index contributed by atoms with van der Waals surface area (Å²) in [6.07, 6.45) is 4.59. The minimum Gasteiger partial charge on any atom is -0.312 e. The summed E-state index contributed by atoms with van der Waals surface area (Å²) < 4.78 is 4.18. The van der Waals surface area contributed by atoms with Gasteiger partial charge in [0.25, 0.3) is 0 Å². The summed E-state index contributed by atoms with van der Waals surface area (Å²) in [5.41, 5.74) is 4.19. The molecule has 0 amide bonds. The molecule has 3 heterocycles. The fourth-order valence-corrected chi connectivity index (χ4v) is 2.82. The van der Waals surface area contributed by atoms with E-state index < -0.39 is 0 Å². The Balaban J connectivity index is 1.99. The van der Waals surface area contributed by atoms with E-state index in [0.29, 0.717) is 5.88 Å². The number of hydrogen-bond acceptors (Lipinski definition) is 3. The zero-order chi connectivity index (χ0) is 14.8. The van der Waals surface area contributed by atoms with Crippen molar-refractivity contribution in [3.05, 3.63) is 41.6 Å². The monoisotopic (exact) mass is 303 g/mol. The topological polar surface area (TPSA) is 48.5 Å². The van der Waals surface area contributed by atoms with Gasteiger partial charge in [0.15, 0.2) is 5.65 Å². The van der Waals surface area contributed by atoms with Crippen molar-refractivity contribution in [1.29, 1.82) is 0 Å².